The molecule has 124 valence electrons. The maximum Gasteiger partial charge on any atom is 0.127 e. The number of rotatable bonds is 7. The van der Waals surface area contributed by atoms with E-state index in [0.717, 1.165) is 16.8 Å². The lowest BCUT2D eigenvalue weighted by Crippen LogP contribution is -2.23. The smallest absolute Gasteiger partial charge is 0.127 e. The molecule has 0 aliphatic carbocycles. The Bertz CT molecular complexity index is 757. The molecule has 1 atom stereocenters. The Morgan fingerprint density at radius 3 is 2.54 bits per heavy atom. The van der Waals surface area contributed by atoms with Crippen LogP contribution in [0.2, 0.25) is 5.02 Å². The Kier molecular flexibility index (Phi) is 5.64. The van der Waals surface area contributed by atoms with Crippen LogP contribution in [0, 0.1) is 0 Å². The van der Waals surface area contributed by atoms with Crippen molar-refractivity contribution in [3.8, 4) is 0 Å². The van der Waals surface area contributed by atoms with Gasteiger partial charge in [0.15, 0.2) is 0 Å². The second-order valence-corrected chi connectivity index (χ2v) is 5.99. The third kappa shape index (κ3) is 4.03. The van der Waals surface area contributed by atoms with Crippen LogP contribution in [0.25, 0.3) is 0 Å². The van der Waals surface area contributed by atoms with Crippen LogP contribution in [0.4, 0.5) is 0 Å². The summed E-state index contributed by atoms with van der Waals surface area (Å²) >= 11 is 6.01. The Labute approximate surface area is 146 Å². The quantitative estimate of drug-likeness (QED) is 0.686. The van der Waals surface area contributed by atoms with Gasteiger partial charge in [0.2, 0.25) is 0 Å². The first-order valence-corrected chi connectivity index (χ1v) is 8.22. The summed E-state index contributed by atoms with van der Waals surface area (Å²) in [5.41, 5.74) is 3.92. The summed E-state index contributed by atoms with van der Waals surface area (Å²) < 4.78 is 5.15. The highest BCUT2D eigenvalue weighted by atomic mass is 35.5. The molecule has 1 heterocycles. The van der Waals surface area contributed by atoms with Crippen LogP contribution in [-0.4, -0.2) is 16.9 Å². The number of hydrogen-bond acceptors (Lipinski definition) is 4. The van der Waals surface area contributed by atoms with Crippen molar-refractivity contribution >= 4 is 11.6 Å². The molecule has 3 aromatic rings. The van der Waals surface area contributed by atoms with E-state index in [4.69, 9.17) is 16.1 Å². The fourth-order valence-electron chi connectivity index (χ4n) is 2.65. The van der Waals surface area contributed by atoms with Crippen LogP contribution in [0.1, 0.15) is 28.4 Å². The lowest BCUT2D eigenvalue weighted by Gasteiger charge is -2.18. The lowest BCUT2D eigenvalue weighted by molar-refractivity contribution is 0.298. The first-order valence-electron chi connectivity index (χ1n) is 7.84. The van der Waals surface area contributed by atoms with Crippen LogP contribution < -0.4 is 5.32 Å². The van der Waals surface area contributed by atoms with Gasteiger partial charge in [-0.2, -0.15) is 0 Å². The van der Waals surface area contributed by atoms with E-state index in [0.29, 0.717) is 18.0 Å². The zero-order chi connectivity index (χ0) is 16.8. The molecule has 1 aromatic heterocycles. The van der Waals surface area contributed by atoms with E-state index in [2.05, 4.69) is 22.6 Å². The van der Waals surface area contributed by atoms with E-state index < -0.39 is 0 Å². The minimum absolute atomic E-state index is 0.0558. The summed E-state index contributed by atoms with van der Waals surface area (Å²) in [7, 11) is 0. The predicted molar refractivity (Wildman–Crippen MR) is 93.9 cm³/mol. The molecule has 5 heteroatoms. The van der Waals surface area contributed by atoms with Crippen molar-refractivity contribution in [2.45, 2.75) is 19.0 Å². The van der Waals surface area contributed by atoms with Gasteiger partial charge in [0.25, 0.3) is 0 Å². The molecule has 0 amide bonds. The normalized spacial score (nSPS) is 12.2. The molecule has 0 saturated carbocycles. The third-order valence-electron chi connectivity index (χ3n) is 3.89. The summed E-state index contributed by atoms with van der Waals surface area (Å²) in [5.74, 6) is 0. The molecule has 3 rings (SSSR count). The first kappa shape index (κ1) is 16.7. The molecule has 0 saturated heterocycles. The summed E-state index contributed by atoms with van der Waals surface area (Å²) in [6.45, 7) is 0.750. The average Bonchev–Trinajstić information content (AvgIpc) is 3.06. The Hall–Kier alpha value is -2.14. The SMILES string of the molecule is OCCc1conc1C(NCc1ccccc1)c1ccc(Cl)cc1. The van der Waals surface area contributed by atoms with Crippen molar-refractivity contribution in [1.29, 1.82) is 0 Å². The highest BCUT2D eigenvalue weighted by molar-refractivity contribution is 6.30. The van der Waals surface area contributed by atoms with Crippen molar-refractivity contribution in [2.24, 2.45) is 0 Å². The van der Waals surface area contributed by atoms with Crippen LogP contribution >= 0.6 is 11.6 Å². The van der Waals surface area contributed by atoms with Gasteiger partial charge in [-0.05, 0) is 23.3 Å². The summed E-state index contributed by atoms with van der Waals surface area (Å²) in [6.07, 6.45) is 2.11. The molecule has 1 unspecified atom stereocenters. The van der Waals surface area contributed by atoms with Gasteiger partial charge < -0.3 is 14.9 Å². The largest absolute Gasteiger partial charge is 0.396 e. The molecule has 2 aromatic carbocycles. The number of hydrogen-bond donors (Lipinski definition) is 2. The van der Waals surface area contributed by atoms with Crippen molar-refractivity contribution in [2.75, 3.05) is 6.61 Å². The molecule has 2 N–H and O–H groups in total. The maximum atomic E-state index is 9.25. The lowest BCUT2D eigenvalue weighted by atomic mass is 9.99. The van der Waals surface area contributed by atoms with E-state index in [9.17, 15) is 5.11 Å². The molecular formula is C19H19ClN2O2. The van der Waals surface area contributed by atoms with Gasteiger partial charge >= 0.3 is 0 Å². The van der Waals surface area contributed by atoms with E-state index in [1.54, 1.807) is 6.26 Å². The molecular weight excluding hydrogens is 324 g/mol. The minimum atomic E-state index is -0.136. The second-order valence-electron chi connectivity index (χ2n) is 5.55. The van der Waals surface area contributed by atoms with E-state index >= 15 is 0 Å². The molecule has 0 bridgehead atoms. The van der Waals surface area contributed by atoms with Gasteiger partial charge in [-0.1, -0.05) is 59.2 Å². The Balaban J connectivity index is 1.88. The van der Waals surface area contributed by atoms with Gasteiger partial charge in [-0.3, -0.25) is 0 Å². The number of aliphatic hydroxyl groups excluding tert-OH is 1. The zero-order valence-electron chi connectivity index (χ0n) is 13.2. The Morgan fingerprint density at radius 2 is 1.83 bits per heavy atom. The van der Waals surface area contributed by atoms with Gasteiger partial charge in [0.1, 0.15) is 12.0 Å². The van der Waals surface area contributed by atoms with Gasteiger partial charge in [-0.15, -0.1) is 0 Å². The van der Waals surface area contributed by atoms with E-state index in [-0.39, 0.29) is 12.6 Å². The summed E-state index contributed by atoms with van der Waals surface area (Å²) in [6, 6.07) is 17.7. The fraction of sp³-hybridized carbons (Fsp3) is 0.211. The molecule has 0 fully saturated rings. The van der Waals surface area contributed by atoms with Gasteiger partial charge in [-0.25, -0.2) is 0 Å². The van der Waals surface area contributed by atoms with Crippen molar-refractivity contribution < 1.29 is 9.63 Å². The fourth-order valence-corrected chi connectivity index (χ4v) is 2.78. The zero-order valence-corrected chi connectivity index (χ0v) is 13.9. The molecule has 0 spiro atoms. The van der Waals surface area contributed by atoms with E-state index in [1.165, 1.54) is 5.56 Å². The van der Waals surface area contributed by atoms with Gasteiger partial charge in [0, 0.05) is 30.2 Å². The Morgan fingerprint density at radius 1 is 1.08 bits per heavy atom. The van der Waals surface area contributed by atoms with Crippen LogP contribution in [0.15, 0.2) is 65.4 Å². The number of halogens is 1. The van der Waals surface area contributed by atoms with E-state index in [1.807, 2.05) is 42.5 Å². The van der Waals surface area contributed by atoms with Crippen molar-refractivity contribution in [3.05, 3.63) is 88.3 Å². The topological polar surface area (TPSA) is 58.3 Å². The summed E-state index contributed by atoms with van der Waals surface area (Å²) in [4.78, 5) is 0. The molecule has 0 radical (unpaired) electrons. The third-order valence-corrected chi connectivity index (χ3v) is 4.14. The number of aromatic nitrogens is 1. The second kappa shape index (κ2) is 8.11. The van der Waals surface area contributed by atoms with Crippen LogP contribution in [0.3, 0.4) is 0 Å². The average molecular weight is 343 g/mol. The first-order chi connectivity index (χ1) is 11.8. The molecule has 0 aliphatic heterocycles. The van der Waals surface area contributed by atoms with Crippen LogP contribution in [0.5, 0.6) is 0 Å². The highest BCUT2D eigenvalue weighted by Crippen LogP contribution is 2.26. The molecule has 24 heavy (non-hydrogen) atoms. The van der Waals surface area contributed by atoms with Crippen molar-refractivity contribution in [1.82, 2.24) is 10.5 Å². The summed E-state index contributed by atoms with van der Waals surface area (Å²) in [5, 5.41) is 17.6. The number of nitrogens with one attached hydrogen (secondary N) is 1. The molecule has 0 aliphatic rings. The number of benzene rings is 2. The number of nitrogens with zero attached hydrogens (tertiary/aromatic N) is 1. The van der Waals surface area contributed by atoms with Crippen LogP contribution in [-0.2, 0) is 13.0 Å². The highest BCUT2D eigenvalue weighted by Gasteiger charge is 2.21. The molecule has 4 nitrogen and oxygen atoms in total. The maximum absolute atomic E-state index is 9.25. The van der Waals surface area contributed by atoms with Crippen molar-refractivity contribution in [3.63, 3.8) is 0 Å². The minimum Gasteiger partial charge on any atom is -0.396 e. The predicted octanol–water partition coefficient (Wildman–Crippen LogP) is 3.74. The standard InChI is InChI=1S/C19H19ClN2O2/c20-17-8-6-15(7-9-17)18(19-16(10-11-23)13-24-22-19)21-12-14-4-2-1-3-5-14/h1-9,13,18,21,23H,10-12H2. The van der Waals surface area contributed by atoms with Gasteiger partial charge in [0.05, 0.1) is 6.04 Å². The number of aliphatic hydroxyl groups is 1. The monoisotopic (exact) mass is 342 g/mol.